The molecule has 0 aliphatic rings. The van der Waals surface area contributed by atoms with E-state index in [2.05, 4.69) is 13.2 Å². The Morgan fingerprint density at radius 1 is 1.30 bits per heavy atom. The molecule has 0 saturated heterocycles. The van der Waals surface area contributed by atoms with E-state index in [4.69, 9.17) is 9.47 Å². The van der Waals surface area contributed by atoms with Crippen molar-refractivity contribution < 1.29 is 14.3 Å². The van der Waals surface area contributed by atoms with Crippen molar-refractivity contribution in [2.45, 2.75) is 38.6 Å². The fourth-order valence-corrected chi connectivity index (χ4v) is 1.84. The highest BCUT2D eigenvalue weighted by atomic mass is 16.5. The Bertz CT molecular complexity index is 425. The number of hydrogen-bond acceptors (Lipinski definition) is 3. The Kier molecular flexibility index (Phi) is 7.36. The summed E-state index contributed by atoms with van der Waals surface area (Å²) in [5, 5.41) is 0. The van der Waals surface area contributed by atoms with Crippen LogP contribution < -0.4 is 0 Å². The molecule has 1 aromatic carbocycles. The highest BCUT2D eigenvalue weighted by Gasteiger charge is 2.15. The molecule has 0 fully saturated rings. The molecule has 108 valence electrons. The number of benzene rings is 1. The van der Waals surface area contributed by atoms with Gasteiger partial charge in [0.1, 0.15) is 6.10 Å². The van der Waals surface area contributed by atoms with Crippen molar-refractivity contribution in [1.82, 2.24) is 0 Å². The predicted molar refractivity (Wildman–Crippen MR) is 80.2 cm³/mol. The highest BCUT2D eigenvalue weighted by molar-refractivity contribution is 5.81. The van der Waals surface area contributed by atoms with Crippen LogP contribution in [0.4, 0.5) is 0 Å². The van der Waals surface area contributed by atoms with Crippen LogP contribution in [-0.2, 0) is 20.9 Å². The number of hydrogen-bond donors (Lipinski definition) is 0. The second kappa shape index (κ2) is 9.10. The molecule has 0 unspecified atom stereocenters. The average Bonchev–Trinajstić information content (AvgIpc) is 2.46. The van der Waals surface area contributed by atoms with Crippen molar-refractivity contribution in [3.63, 3.8) is 0 Å². The van der Waals surface area contributed by atoms with E-state index in [9.17, 15) is 4.79 Å². The lowest BCUT2D eigenvalue weighted by Gasteiger charge is -2.20. The lowest BCUT2D eigenvalue weighted by atomic mass is 10.1. The topological polar surface area (TPSA) is 35.5 Å². The van der Waals surface area contributed by atoms with Crippen LogP contribution in [0.25, 0.3) is 0 Å². The first-order valence-electron chi connectivity index (χ1n) is 6.75. The van der Waals surface area contributed by atoms with Gasteiger partial charge in [0.15, 0.2) is 0 Å². The molecule has 3 heteroatoms. The molecule has 1 rings (SSSR count). The predicted octanol–water partition coefficient (Wildman–Crippen LogP) is 3.66. The number of rotatable bonds is 9. The van der Waals surface area contributed by atoms with E-state index >= 15 is 0 Å². The summed E-state index contributed by atoms with van der Waals surface area (Å²) >= 11 is 0. The number of carbonyl (C=O) groups is 1. The lowest BCUT2D eigenvalue weighted by molar-refractivity contribution is -0.144. The first-order valence-corrected chi connectivity index (χ1v) is 6.75. The van der Waals surface area contributed by atoms with E-state index in [0.29, 0.717) is 19.4 Å². The fraction of sp³-hybridized carbons (Fsp3) is 0.353. The molecular formula is C17H22O3. The number of carbonyl (C=O) groups excluding carboxylic acids is 1. The molecule has 0 aromatic heterocycles. The molecule has 0 N–H and O–H groups in total. The molecule has 0 radical (unpaired) electrons. The molecule has 0 aliphatic carbocycles. The van der Waals surface area contributed by atoms with E-state index in [1.807, 2.05) is 37.3 Å². The molecule has 0 amide bonds. The van der Waals surface area contributed by atoms with Crippen LogP contribution in [0.3, 0.4) is 0 Å². The lowest BCUT2D eigenvalue weighted by Crippen LogP contribution is -2.23. The zero-order valence-electron chi connectivity index (χ0n) is 12.0. The molecule has 0 bridgehead atoms. The second-order valence-corrected chi connectivity index (χ2v) is 4.63. The second-order valence-electron chi connectivity index (χ2n) is 4.63. The van der Waals surface area contributed by atoms with Crippen molar-refractivity contribution in [3.05, 3.63) is 61.2 Å². The summed E-state index contributed by atoms with van der Waals surface area (Å²) in [4.78, 5) is 11.2. The van der Waals surface area contributed by atoms with Crippen molar-refractivity contribution in [3.8, 4) is 0 Å². The normalized spacial score (nSPS) is 13.2. The highest BCUT2D eigenvalue weighted by Crippen LogP contribution is 2.13. The monoisotopic (exact) mass is 274 g/mol. The smallest absolute Gasteiger partial charge is 0.330 e. The van der Waals surface area contributed by atoms with Gasteiger partial charge in [0.25, 0.3) is 0 Å². The summed E-state index contributed by atoms with van der Waals surface area (Å²) in [6, 6.07) is 9.98. The third kappa shape index (κ3) is 6.34. The molecular weight excluding hydrogens is 252 g/mol. The molecule has 0 aliphatic heterocycles. The van der Waals surface area contributed by atoms with E-state index < -0.39 is 5.97 Å². The molecule has 20 heavy (non-hydrogen) atoms. The third-order valence-corrected chi connectivity index (χ3v) is 2.85. The maximum absolute atomic E-state index is 11.2. The van der Waals surface area contributed by atoms with Crippen LogP contribution in [0.15, 0.2) is 55.6 Å². The Labute approximate surface area is 120 Å². The summed E-state index contributed by atoms with van der Waals surface area (Å²) in [5.41, 5.74) is 1.13. The van der Waals surface area contributed by atoms with E-state index in [0.717, 1.165) is 5.56 Å². The minimum absolute atomic E-state index is 0.00206. The Morgan fingerprint density at radius 2 is 2.00 bits per heavy atom. The van der Waals surface area contributed by atoms with Gasteiger partial charge in [0.05, 0.1) is 12.7 Å². The van der Waals surface area contributed by atoms with Crippen LogP contribution in [0, 0.1) is 0 Å². The van der Waals surface area contributed by atoms with Crippen molar-refractivity contribution in [1.29, 1.82) is 0 Å². The van der Waals surface area contributed by atoms with Gasteiger partial charge in [0.2, 0.25) is 0 Å². The molecule has 0 heterocycles. The van der Waals surface area contributed by atoms with Crippen molar-refractivity contribution in [2.24, 2.45) is 0 Å². The van der Waals surface area contributed by atoms with Gasteiger partial charge in [0, 0.05) is 18.9 Å². The average molecular weight is 274 g/mol. The van der Waals surface area contributed by atoms with Gasteiger partial charge in [-0.1, -0.05) is 43.0 Å². The van der Waals surface area contributed by atoms with Gasteiger partial charge >= 0.3 is 5.97 Å². The van der Waals surface area contributed by atoms with Gasteiger partial charge in [-0.2, -0.15) is 0 Å². The largest absolute Gasteiger partial charge is 0.459 e. The van der Waals surface area contributed by atoms with E-state index in [1.54, 1.807) is 6.08 Å². The Morgan fingerprint density at radius 3 is 2.60 bits per heavy atom. The van der Waals surface area contributed by atoms with Gasteiger partial charge in [-0.3, -0.25) is 0 Å². The van der Waals surface area contributed by atoms with Gasteiger partial charge in [-0.25, -0.2) is 4.79 Å². The molecule has 0 spiro atoms. The third-order valence-electron chi connectivity index (χ3n) is 2.85. The summed E-state index contributed by atoms with van der Waals surface area (Å²) in [6.45, 7) is 9.60. The van der Waals surface area contributed by atoms with E-state index in [1.165, 1.54) is 6.08 Å². The van der Waals surface area contributed by atoms with Gasteiger partial charge in [-0.15, -0.1) is 6.58 Å². The van der Waals surface area contributed by atoms with Crippen LogP contribution in [-0.4, -0.2) is 18.2 Å². The van der Waals surface area contributed by atoms with Crippen LogP contribution in [0.5, 0.6) is 0 Å². The van der Waals surface area contributed by atoms with Crippen LogP contribution in [0.2, 0.25) is 0 Å². The van der Waals surface area contributed by atoms with Crippen LogP contribution in [0.1, 0.15) is 25.3 Å². The zero-order valence-corrected chi connectivity index (χ0v) is 12.0. The Balaban J connectivity index is 2.40. The Hall–Kier alpha value is -1.87. The summed E-state index contributed by atoms with van der Waals surface area (Å²) < 4.78 is 11.0. The van der Waals surface area contributed by atoms with Gasteiger partial charge < -0.3 is 9.47 Å². The summed E-state index contributed by atoms with van der Waals surface area (Å²) in [7, 11) is 0. The van der Waals surface area contributed by atoms with Crippen LogP contribution >= 0.6 is 0 Å². The number of ether oxygens (including phenoxy) is 2. The maximum Gasteiger partial charge on any atom is 0.330 e. The summed E-state index contributed by atoms with van der Waals surface area (Å²) in [5.74, 6) is -0.410. The van der Waals surface area contributed by atoms with Crippen molar-refractivity contribution in [2.75, 3.05) is 0 Å². The zero-order chi connectivity index (χ0) is 14.8. The molecule has 2 atom stereocenters. The number of esters is 1. The quantitative estimate of drug-likeness (QED) is 0.391. The van der Waals surface area contributed by atoms with Gasteiger partial charge in [-0.05, 0) is 12.5 Å². The summed E-state index contributed by atoms with van der Waals surface area (Å²) in [6.07, 6.45) is 3.94. The first-order chi connectivity index (χ1) is 9.65. The first kappa shape index (κ1) is 16.2. The van der Waals surface area contributed by atoms with E-state index in [-0.39, 0.29) is 12.2 Å². The molecule has 3 nitrogen and oxygen atoms in total. The molecule has 0 saturated carbocycles. The minimum atomic E-state index is -0.410. The minimum Gasteiger partial charge on any atom is -0.459 e. The SMILES string of the molecule is C=CC[C@H](C[C@H](C)OCc1ccccc1)OC(=O)C=C. The maximum atomic E-state index is 11.2. The standard InChI is InChI=1S/C17H22O3/c1-4-9-16(20-17(18)5-2)12-14(3)19-13-15-10-7-6-8-11-15/h4-8,10-11,14,16H,1-2,9,12-13H2,3H3/t14-,16+/m0/s1. The fourth-order valence-electron chi connectivity index (χ4n) is 1.84. The van der Waals surface area contributed by atoms with Crippen molar-refractivity contribution >= 4 is 5.97 Å². The molecule has 1 aromatic rings.